The lowest BCUT2D eigenvalue weighted by molar-refractivity contribution is -0.132. The molecule has 1 aliphatic heterocycles. The van der Waals surface area contributed by atoms with Crippen molar-refractivity contribution in [2.24, 2.45) is 11.7 Å². The van der Waals surface area contributed by atoms with Gasteiger partial charge in [-0.1, -0.05) is 0 Å². The van der Waals surface area contributed by atoms with Gasteiger partial charge in [0.25, 0.3) is 0 Å². The average Bonchev–Trinajstić information content (AvgIpc) is 2.97. The molecule has 1 saturated heterocycles. The molecule has 86 valence electrons. The van der Waals surface area contributed by atoms with E-state index in [0.29, 0.717) is 12.5 Å². The molecular formula is C11H20N2O2. The number of hydrogen-bond acceptors (Lipinski definition) is 3. The Hall–Kier alpha value is -0.610. The number of carbonyl (C=O) groups is 1. The van der Waals surface area contributed by atoms with Gasteiger partial charge in [0.05, 0.1) is 6.10 Å². The third-order valence-corrected chi connectivity index (χ3v) is 3.30. The van der Waals surface area contributed by atoms with E-state index in [2.05, 4.69) is 5.32 Å². The SMILES string of the molecule is CC1CCC(C(=O)NC(CN)C2CC2)O1. The topological polar surface area (TPSA) is 64.4 Å². The maximum absolute atomic E-state index is 11.8. The fraction of sp³-hybridized carbons (Fsp3) is 0.909. The van der Waals surface area contributed by atoms with Crippen LogP contribution >= 0.6 is 0 Å². The van der Waals surface area contributed by atoms with Crippen molar-refractivity contribution in [1.82, 2.24) is 5.32 Å². The third-order valence-electron chi connectivity index (χ3n) is 3.30. The quantitative estimate of drug-likeness (QED) is 0.709. The van der Waals surface area contributed by atoms with Crippen molar-refractivity contribution in [3.63, 3.8) is 0 Å². The highest BCUT2D eigenvalue weighted by molar-refractivity contribution is 5.81. The molecular weight excluding hydrogens is 192 g/mol. The number of nitrogens with one attached hydrogen (secondary N) is 1. The van der Waals surface area contributed by atoms with E-state index in [-0.39, 0.29) is 24.2 Å². The minimum absolute atomic E-state index is 0.0294. The van der Waals surface area contributed by atoms with Crippen LogP contribution in [-0.2, 0) is 9.53 Å². The van der Waals surface area contributed by atoms with Crippen molar-refractivity contribution in [3.8, 4) is 0 Å². The van der Waals surface area contributed by atoms with Crippen LogP contribution in [0.4, 0.5) is 0 Å². The number of amides is 1. The third kappa shape index (κ3) is 2.69. The van der Waals surface area contributed by atoms with Crippen molar-refractivity contribution in [2.45, 2.75) is 50.9 Å². The molecule has 0 bridgehead atoms. The molecule has 0 radical (unpaired) electrons. The van der Waals surface area contributed by atoms with Crippen LogP contribution in [0.25, 0.3) is 0 Å². The number of ether oxygens (including phenoxy) is 1. The van der Waals surface area contributed by atoms with E-state index >= 15 is 0 Å². The maximum atomic E-state index is 11.8. The fourth-order valence-corrected chi connectivity index (χ4v) is 2.14. The number of rotatable bonds is 4. The fourth-order valence-electron chi connectivity index (χ4n) is 2.14. The Morgan fingerprint density at radius 3 is 2.67 bits per heavy atom. The first-order chi connectivity index (χ1) is 7.20. The first-order valence-electron chi connectivity index (χ1n) is 5.86. The molecule has 0 aromatic heterocycles. The molecule has 2 aliphatic rings. The van der Waals surface area contributed by atoms with Gasteiger partial charge in [-0.3, -0.25) is 4.79 Å². The summed E-state index contributed by atoms with van der Waals surface area (Å²) in [6, 6.07) is 0.164. The highest BCUT2D eigenvalue weighted by atomic mass is 16.5. The van der Waals surface area contributed by atoms with Gasteiger partial charge in [-0.05, 0) is 38.5 Å². The highest BCUT2D eigenvalue weighted by Gasteiger charge is 2.34. The van der Waals surface area contributed by atoms with Gasteiger partial charge >= 0.3 is 0 Å². The monoisotopic (exact) mass is 212 g/mol. The second-order valence-corrected chi connectivity index (χ2v) is 4.70. The first kappa shape index (κ1) is 10.9. The van der Waals surface area contributed by atoms with Gasteiger partial charge in [0.1, 0.15) is 6.10 Å². The smallest absolute Gasteiger partial charge is 0.249 e. The lowest BCUT2D eigenvalue weighted by Crippen LogP contribution is -2.46. The molecule has 0 spiro atoms. The molecule has 0 aromatic rings. The molecule has 2 fully saturated rings. The van der Waals surface area contributed by atoms with E-state index in [1.54, 1.807) is 0 Å². The van der Waals surface area contributed by atoms with Gasteiger partial charge < -0.3 is 15.8 Å². The lowest BCUT2D eigenvalue weighted by atomic mass is 10.1. The molecule has 3 N–H and O–H groups in total. The Bertz CT molecular complexity index is 241. The summed E-state index contributed by atoms with van der Waals surface area (Å²) in [7, 11) is 0. The first-order valence-corrected chi connectivity index (χ1v) is 5.86. The molecule has 4 heteroatoms. The van der Waals surface area contributed by atoms with Crippen molar-refractivity contribution in [2.75, 3.05) is 6.54 Å². The predicted octanol–water partition coefficient (Wildman–Crippen LogP) is 0.407. The Balaban J connectivity index is 1.80. The normalized spacial score (nSPS) is 32.7. The molecule has 0 aromatic carbocycles. The van der Waals surface area contributed by atoms with Crippen LogP contribution in [0.2, 0.25) is 0 Å². The number of hydrogen-bond donors (Lipinski definition) is 2. The van der Waals surface area contributed by atoms with Gasteiger partial charge in [0, 0.05) is 12.6 Å². The van der Waals surface area contributed by atoms with Crippen LogP contribution in [0.15, 0.2) is 0 Å². The largest absolute Gasteiger partial charge is 0.365 e. The molecule has 3 atom stereocenters. The molecule has 1 heterocycles. The Kier molecular flexibility index (Phi) is 3.26. The predicted molar refractivity (Wildman–Crippen MR) is 57.3 cm³/mol. The Morgan fingerprint density at radius 1 is 1.47 bits per heavy atom. The van der Waals surface area contributed by atoms with Crippen molar-refractivity contribution < 1.29 is 9.53 Å². The molecule has 1 saturated carbocycles. The Labute approximate surface area is 90.5 Å². The van der Waals surface area contributed by atoms with E-state index in [1.807, 2.05) is 6.92 Å². The summed E-state index contributed by atoms with van der Waals surface area (Å²) in [5, 5.41) is 3.00. The minimum atomic E-state index is -0.243. The van der Waals surface area contributed by atoms with Gasteiger partial charge in [0.2, 0.25) is 5.91 Å². The Morgan fingerprint density at radius 2 is 2.20 bits per heavy atom. The lowest BCUT2D eigenvalue weighted by Gasteiger charge is -2.18. The van der Waals surface area contributed by atoms with E-state index < -0.39 is 0 Å². The van der Waals surface area contributed by atoms with E-state index in [9.17, 15) is 4.79 Å². The molecule has 2 rings (SSSR count). The summed E-state index contributed by atoms with van der Waals surface area (Å²) in [6.07, 6.45) is 4.20. The van der Waals surface area contributed by atoms with Gasteiger partial charge in [-0.2, -0.15) is 0 Å². The van der Waals surface area contributed by atoms with Crippen molar-refractivity contribution in [1.29, 1.82) is 0 Å². The van der Waals surface area contributed by atoms with Gasteiger partial charge in [-0.15, -0.1) is 0 Å². The van der Waals surface area contributed by atoms with Crippen LogP contribution < -0.4 is 11.1 Å². The van der Waals surface area contributed by atoms with Gasteiger partial charge in [-0.25, -0.2) is 0 Å². The van der Waals surface area contributed by atoms with Crippen LogP contribution in [0, 0.1) is 5.92 Å². The summed E-state index contributed by atoms with van der Waals surface area (Å²) in [5.74, 6) is 0.638. The van der Waals surface area contributed by atoms with Gasteiger partial charge in [0.15, 0.2) is 0 Å². The summed E-state index contributed by atoms with van der Waals surface area (Å²) in [5.41, 5.74) is 5.63. The van der Waals surface area contributed by atoms with Crippen LogP contribution in [-0.4, -0.2) is 30.7 Å². The highest BCUT2D eigenvalue weighted by Crippen LogP contribution is 2.32. The van der Waals surface area contributed by atoms with E-state index in [1.165, 1.54) is 12.8 Å². The summed E-state index contributed by atoms with van der Waals surface area (Å²) >= 11 is 0. The summed E-state index contributed by atoms with van der Waals surface area (Å²) < 4.78 is 5.52. The average molecular weight is 212 g/mol. The molecule has 15 heavy (non-hydrogen) atoms. The van der Waals surface area contributed by atoms with E-state index in [0.717, 1.165) is 12.8 Å². The molecule has 1 aliphatic carbocycles. The zero-order valence-corrected chi connectivity index (χ0v) is 9.24. The van der Waals surface area contributed by atoms with Crippen LogP contribution in [0.1, 0.15) is 32.6 Å². The van der Waals surface area contributed by atoms with Crippen LogP contribution in [0.5, 0.6) is 0 Å². The van der Waals surface area contributed by atoms with Crippen LogP contribution in [0.3, 0.4) is 0 Å². The maximum Gasteiger partial charge on any atom is 0.249 e. The molecule has 1 amide bonds. The molecule has 4 nitrogen and oxygen atoms in total. The van der Waals surface area contributed by atoms with Crippen molar-refractivity contribution in [3.05, 3.63) is 0 Å². The second-order valence-electron chi connectivity index (χ2n) is 4.70. The zero-order valence-electron chi connectivity index (χ0n) is 9.24. The number of carbonyl (C=O) groups excluding carboxylic acids is 1. The summed E-state index contributed by atoms with van der Waals surface area (Å²) in [4.78, 5) is 11.8. The van der Waals surface area contributed by atoms with Crippen molar-refractivity contribution >= 4 is 5.91 Å². The number of nitrogens with two attached hydrogens (primary N) is 1. The van der Waals surface area contributed by atoms with E-state index in [4.69, 9.17) is 10.5 Å². The standard InChI is InChI=1S/C11H20N2O2/c1-7-2-5-10(15-7)11(14)13-9(6-12)8-3-4-8/h7-10H,2-6,12H2,1H3,(H,13,14). The molecule has 3 unspecified atom stereocenters. The zero-order chi connectivity index (χ0) is 10.8. The second kappa shape index (κ2) is 4.49. The minimum Gasteiger partial charge on any atom is -0.365 e. The summed E-state index contributed by atoms with van der Waals surface area (Å²) in [6.45, 7) is 2.55.